The molecule has 0 bridgehead atoms. The van der Waals surface area contributed by atoms with Crippen LogP contribution in [0.15, 0.2) is 10.2 Å². The molecule has 0 aliphatic carbocycles. The highest BCUT2D eigenvalue weighted by molar-refractivity contribution is 5.73. The lowest BCUT2D eigenvalue weighted by Crippen LogP contribution is -2.09. The molecule has 0 spiro atoms. The van der Waals surface area contributed by atoms with E-state index in [1.54, 1.807) is 27.7 Å². The van der Waals surface area contributed by atoms with Gasteiger partial charge in [-0.1, -0.05) is 10.2 Å². The van der Waals surface area contributed by atoms with Gasteiger partial charge in [0.1, 0.15) is 0 Å². The second kappa shape index (κ2) is 15.4. The Morgan fingerprint density at radius 1 is 0.722 bits per heavy atom. The van der Waals surface area contributed by atoms with Crippen LogP contribution in [-0.4, -0.2) is 46.3 Å². The van der Waals surface area contributed by atoms with E-state index >= 15 is 0 Å². The molecule has 0 rings (SSSR count). The molecular weight excluding hydrogens is 252 g/mol. The van der Waals surface area contributed by atoms with Crippen LogP contribution >= 0.6 is 0 Å². The zero-order valence-corrected chi connectivity index (χ0v) is 10.7. The van der Waals surface area contributed by atoms with Crippen LogP contribution in [0.5, 0.6) is 0 Å². The highest BCUT2D eigenvalue weighted by Crippen LogP contribution is 1.96. The first-order valence-corrected chi connectivity index (χ1v) is 4.24. The van der Waals surface area contributed by atoms with Gasteiger partial charge < -0.3 is 31.4 Å². The number of carbonyl (C=O) groups excluding carboxylic acids is 2. The second-order valence-electron chi connectivity index (χ2n) is 3.07. The van der Waals surface area contributed by atoms with Crippen molar-refractivity contribution in [1.82, 2.24) is 0 Å². The van der Waals surface area contributed by atoms with Crippen LogP contribution in [0.25, 0.3) is 0 Å². The van der Waals surface area contributed by atoms with Crippen molar-refractivity contribution in [2.45, 2.75) is 39.9 Å². The Bertz CT molecular complexity index is 217. The average Bonchev–Trinajstić information content (AvgIpc) is 1.98. The van der Waals surface area contributed by atoms with Crippen molar-refractivity contribution in [3.8, 4) is 0 Å². The Kier molecular flexibility index (Phi) is 25.6. The molecule has 0 fully saturated rings. The van der Waals surface area contributed by atoms with Crippen LogP contribution in [0.1, 0.15) is 27.7 Å². The molecule has 10 heteroatoms. The van der Waals surface area contributed by atoms with Gasteiger partial charge in [-0.15, -0.1) is 0 Å². The minimum Gasteiger partial charge on any atom is -0.444 e. The summed E-state index contributed by atoms with van der Waals surface area (Å²) in [5, 5.41) is 6.01. The maximum absolute atomic E-state index is 10.8. The first kappa shape index (κ1) is 29.9. The number of ether oxygens (including phenoxy) is 2. The van der Waals surface area contributed by atoms with E-state index in [-0.39, 0.29) is 34.1 Å². The van der Waals surface area contributed by atoms with Crippen molar-refractivity contribution in [1.29, 1.82) is 0 Å². The van der Waals surface area contributed by atoms with Gasteiger partial charge >= 0.3 is 12.2 Å². The summed E-state index contributed by atoms with van der Waals surface area (Å²) in [6, 6.07) is 0. The Hall–Kier alpha value is -1.62. The molecule has 8 N–H and O–H groups in total. The van der Waals surface area contributed by atoms with Crippen LogP contribution in [0, 0.1) is 0 Å². The molecule has 0 aromatic rings. The van der Waals surface area contributed by atoms with Crippen molar-refractivity contribution in [2.75, 3.05) is 0 Å². The predicted molar refractivity (Wildman–Crippen MR) is 62.5 cm³/mol. The summed E-state index contributed by atoms with van der Waals surface area (Å²) in [5.74, 6) is 0. The van der Waals surface area contributed by atoms with Gasteiger partial charge in [0.15, 0.2) is 0 Å². The minimum atomic E-state index is -0.902. The van der Waals surface area contributed by atoms with Gasteiger partial charge in [0.2, 0.25) is 0 Å². The first-order chi connectivity index (χ1) is 6.41. The highest BCUT2D eigenvalue weighted by Gasteiger charge is 2.06. The molecule has 0 aliphatic heterocycles. The van der Waals surface area contributed by atoms with E-state index < -0.39 is 12.2 Å². The summed E-state index contributed by atoms with van der Waals surface area (Å²) in [6.45, 7) is 6.67. The molecule has 18 heavy (non-hydrogen) atoms. The molecule has 0 aromatic heterocycles. The van der Waals surface area contributed by atoms with Crippen LogP contribution in [0.2, 0.25) is 0 Å². The van der Waals surface area contributed by atoms with E-state index in [4.69, 9.17) is 0 Å². The van der Waals surface area contributed by atoms with Crippen molar-refractivity contribution in [3.05, 3.63) is 0 Å². The smallest absolute Gasteiger partial charge is 0.444 e. The maximum Gasteiger partial charge on any atom is 0.452 e. The maximum atomic E-state index is 10.8. The van der Waals surface area contributed by atoms with Crippen molar-refractivity contribution < 1.29 is 41.0 Å². The fourth-order valence-electron chi connectivity index (χ4n) is 0.532. The van der Waals surface area contributed by atoms with E-state index in [2.05, 4.69) is 19.7 Å². The molecule has 0 aromatic carbocycles. The Morgan fingerprint density at radius 2 is 0.944 bits per heavy atom. The quantitative estimate of drug-likeness (QED) is 0.594. The molecule has 0 unspecified atom stereocenters. The predicted octanol–water partition coefficient (Wildman–Crippen LogP) is -0.770. The van der Waals surface area contributed by atoms with Gasteiger partial charge in [0, 0.05) is 0 Å². The van der Waals surface area contributed by atoms with Crippen LogP contribution in [0.4, 0.5) is 9.59 Å². The molecular formula is C8H22N2O8. The number of nitrogens with zero attached hydrogens (tertiary/aromatic N) is 2. The van der Waals surface area contributed by atoms with Crippen LogP contribution in [0.3, 0.4) is 0 Å². The van der Waals surface area contributed by atoms with E-state index in [0.717, 1.165) is 0 Å². The highest BCUT2D eigenvalue weighted by atomic mass is 16.6. The lowest BCUT2D eigenvalue weighted by atomic mass is 10.5. The van der Waals surface area contributed by atoms with E-state index in [9.17, 15) is 9.59 Å². The Balaban J connectivity index is -0.000000141. The number of rotatable bonds is 2. The second-order valence-corrected chi connectivity index (χ2v) is 3.07. The largest absolute Gasteiger partial charge is 0.452 e. The number of hydrogen-bond acceptors (Lipinski definition) is 4. The van der Waals surface area contributed by atoms with Crippen molar-refractivity contribution in [2.24, 2.45) is 10.2 Å². The van der Waals surface area contributed by atoms with Gasteiger partial charge in [-0.25, -0.2) is 9.59 Å². The van der Waals surface area contributed by atoms with Crippen LogP contribution < -0.4 is 0 Å². The molecule has 0 saturated carbocycles. The van der Waals surface area contributed by atoms with Gasteiger partial charge in [0.05, 0.1) is 12.2 Å². The molecule has 0 radical (unpaired) electrons. The number of azo groups is 1. The van der Waals surface area contributed by atoms with Crippen LogP contribution in [-0.2, 0) is 9.47 Å². The molecule has 2 amide bonds. The van der Waals surface area contributed by atoms with E-state index in [1.165, 1.54) is 0 Å². The standard InChI is InChI=1S/C8H14N2O4.4H2O/c1-5(2)13-7(11)9-10-8(12)14-6(3)4;;;;/h5-6H,1-4H3;4*1H2. The topological polar surface area (TPSA) is 203 Å². The van der Waals surface area contributed by atoms with E-state index in [1.807, 2.05) is 0 Å². The third-order valence-corrected chi connectivity index (χ3v) is 0.886. The number of amides is 2. The summed E-state index contributed by atoms with van der Waals surface area (Å²) in [4.78, 5) is 21.5. The summed E-state index contributed by atoms with van der Waals surface area (Å²) in [6.07, 6.45) is -2.38. The molecule has 0 atom stereocenters. The SMILES string of the molecule is CC(C)OC(=O)N=NC(=O)OC(C)C.O.O.O.O. The average molecular weight is 274 g/mol. The normalized spacial score (nSPS) is 8.56. The Labute approximate surface area is 104 Å². The minimum absolute atomic E-state index is 0. The first-order valence-electron chi connectivity index (χ1n) is 4.24. The summed E-state index contributed by atoms with van der Waals surface area (Å²) in [7, 11) is 0. The fourth-order valence-corrected chi connectivity index (χ4v) is 0.532. The van der Waals surface area contributed by atoms with E-state index in [0.29, 0.717) is 0 Å². The third kappa shape index (κ3) is 19.9. The zero-order valence-electron chi connectivity index (χ0n) is 10.7. The molecule has 0 aliphatic rings. The monoisotopic (exact) mass is 274 g/mol. The van der Waals surface area contributed by atoms with Gasteiger partial charge in [-0.2, -0.15) is 0 Å². The number of carbonyl (C=O) groups is 2. The van der Waals surface area contributed by atoms with Gasteiger partial charge in [-0.3, -0.25) is 0 Å². The van der Waals surface area contributed by atoms with Crippen molar-refractivity contribution >= 4 is 12.2 Å². The van der Waals surface area contributed by atoms with Gasteiger partial charge in [-0.05, 0) is 27.7 Å². The summed E-state index contributed by atoms with van der Waals surface area (Å²) >= 11 is 0. The molecule has 0 heterocycles. The lowest BCUT2D eigenvalue weighted by molar-refractivity contribution is 0.115. The van der Waals surface area contributed by atoms with Gasteiger partial charge in [0.25, 0.3) is 0 Å². The zero-order chi connectivity index (χ0) is 11.1. The number of hydrogen-bond donors (Lipinski definition) is 0. The lowest BCUT2D eigenvalue weighted by Gasteiger charge is -2.03. The Morgan fingerprint density at radius 3 is 1.11 bits per heavy atom. The molecule has 0 saturated heterocycles. The fraction of sp³-hybridized carbons (Fsp3) is 0.750. The molecule has 10 nitrogen and oxygen atoms in total. The third-order valence-electron chi connectivity index (χ3n) is 0.886. The summed E-state index contributed by atoms with van der Waals surface area (Å²) in [5.41, 5.74) is 0. The summed E-state index contributed by atoms with van der Waals surface area (Å²) < 4.78 is 9.20. The van der Waals surface area contributed by atoms with Crippen molar-refractivity contribution in [3.63, 3.8) is 0 Å². The molecule has 112 valence electrons.